The van der Waals surface area contributed by atoms with Gasteiger partial charge in [0.2, 0.25) is 5.91 Å². The van der Waals surface area contributed by atoms with Crippen LogP contribution in [-0.4, -0.2) is 5.91 Å². The molecule has 3 nitrogen and oxygen atoms in total. The molecule has 1 aliphatic carbocycles. The molecule has 1 amide bonds. The summed E-state index contributed by atoms with van der Waals surface area (Å²) in [6.45, 7) is 0. The van der Waals surface area contributed by atoms with Gasteiger partial charge >= 0.3 is 0 Å². The first-order valence-corrected chi connectivity index (χ1v) is 7.84. The van der Waals surface area contributed by atoms with Crippen molar-refractivity contribution in [1.29, 1.82) is 0 Å². The number of benzene rings is 2. The van der Waals surface area contributed by atoms with Crippen LogP contribution in [0.3, 0.4) is 0 Å². The van der Waals surface area contributed by atoms with E-state index in [4.69, 9.17) is 17.3 Å². The Balaban J connectivity index is 1.65. The Hall–Kier alpha value is -1.84. The molecule has 1 saturated carbocycles. The predicted octanol–water partition coefficient (Wildman–Crippen LogP) is 3.54. The number of carbonyl (C=O) groups is 1. The molecule has 4 heteroatoms. The summed E-state index contributed by atoms with van der Waals surface area (Å²) in [6, 6.07) is 17.1. The summed E-state index contributed by atoms with van der Waals surface area (Å²) in [7, 11) is 0. The lowest BCUT2D eigenvalue weighted by Gasteiger charge is -2.20. The lowest BCUT2D eigenvalue weighted by Crippen LogP contribution is -2.36. The van der Waals surface area contributed by atoms with Gasteiger partial charge in [0.25, 0.3) is 0 Å². The number of rotatable bonds is 5. The molecule has 1 atom stereocenters. The number of nitrogens with two attached hydrogens (primary N) is 1. The number of carbonyl (C=O) groups excluding carboxylic acids is 1. The smallest absolute Gasteiger partial charge is 0.222 e. The fourth-order valence-corrected chi connectivity index (χ4v) is 2.92. The van der Waals surface area contributed by atoms with Crippen LogP contribution in [0.25, 0.3) is 0 Å². The SMILES string of the molecule is NC(CC(=O)NC1(c2cccc(Cl)c2)CC1)c1ccccc1. The van der Waals surface area contributed by atoms with Crippen molar-refractivity contribution in [2.75, 3.05) is 0 Å². The summed E-state index contributed by atoms with van der Waals surface area (Å²) < 4.78 is 0. The van der Waals surface area contributed by atoms with Crippen LogP contribution in [0.1, 0.15) is 36.4 Å². The molecule has 0 aromatic heterocycles. The molecule has 0 bridgehead atoms. The highest BCUT2D eigenvalue weighted by molar-refractivity contribution is 6.30. The van der Waals surface area contributed by atoms with Gasteiger partial charge in [-0.1, -0.05) is 54.1 Å². The van der Waals surface area contributed by atoms with Gasteiger partial charge in [-0.05, 0) is 36.1 Å². The second-order valence-electron chi connectivity index (χ2n) is 5.86. The van der Waals surface area contributed by atoms with Gasteiger partial charge < -0.3 is 11.1 Å². The van der Waals surface area contributed by atoms with Gasteiger partial charge in [0.05, 0.1) is 5.54 Å². The van der Waals surface area contributed by atoms with Crippen molar-refractivity contribution < 1.29 is 4.79 Å². The quantitative estimate of drug-likeness (QED) is 0.887. The number of nitrogens with one attached hydrogen (secondary N) is 1. The molecule has 0 radical (unpaired) electrons. The summed E-state index contributed by atoms with van der Waals surface area (Å²) in [5, 5.41) is 3.83. The van der Waals surface area contributed by atoms with Crippen molar-refractivity contribution in [1.82, 2.24) is 5.32 Å². The van der Waals surface area contributed by atoms with Crippen LogP contribution in [-0.2, 0) is 10.3 Å². The van der Waals surface area contributed by atoms with Gasteiger partial charge in [-0.15, -0.1) is 0 Å². The molecule has 2 aromatic carbocycles. The lowest BCUT2D eigenvalue weighted by atomic mass is 10.0. The van der Waals surface area contributed by atoms with Crippen LogP contribution in [0.5, 0.6) is 0 Å². The first-order valence-electron chi connectivity index (χ1n) is 7.47. The second-order valence-corrected chi connectivity index (χ2v) is 6.30. The molecular weight excluding hydrogens is 296 g/mol. The fourth-order valence-electron chi connectivity index (χ4n) is 2.73. The highest BCUT2D eigenvalue weighted by atomic mass is 35.5. The number of hydrogen-bond acceptors (Lipinski definition) is 2. The third-order valence-corrected chi connectivity index (χ3v) is 4.37. The molecule has 1 unspecified atom stereocenters. The van der Waals surface area contributed by atoms with E-state index in [0.717, 1.165) is 24.0 Å². The Morgan fingerprint density at radius 3 is 2.55 bits per heavy atom. The Kier molecular flexibility index (Phi) is 4.19. The highest BCUT2D eigenvalue weighted by Gasteiger charge is 2.45. The van der Waals surface area contributed by atoms with E-state index < -0.39 is 0 Å². The maximum atomic E-state index is 12.3. The molecule has 0 saturated heterocycles. The minimum absolute atomic E-state index is 0.0196. The van der Waals surface area contributed by atoms with Crippen LogP contribution in [0.4, 0.5) is 0 Å². The zero-order valence-corrected chi connectivity index (χ0v) is 13.0. The summed E-state index contributed by atoms with van der Waals surface area (Å²) in [5.41, 5.74) is 7.91. The van der Waals surface area contributed by atoms with Crippen LogP contribution < -0.4 is 11.1 Å². The minimum atomic E-state index is -0.281. The average molecular weight is 315 g/mol. The molecule has 22 heavy (non-hydrogen) atoms. The van der Waals surface area contributed by atoms with Crippen molar-refractivity contribution >= 4 is 17.5 Å². The van der Waals surface area contributed by atoms with Crippen LogP contribution in [0.15, 0.2) is 54.6 Å². The Bertz CT molecular complexity index is 668. The monoisotopic (exact) mass is 314 g/mol. The molecule has 114 valence electrons. The first-order chi connectivity index (χ1) is 10.6. The molecule has 2 aromatic rings. The third kappa shape index (κ3) is 3.32. The van der Waals surface area contributed by atoms with E-state index in [2.05, 4.69) is 5.32 Å². The van der Waals surface area contributed by atoms with E-state index in [9.17, 15) is 4.79 Å². The normalized spacial score (nSPS) is 16.8. The topological polar surface area (TPSA) is 55.1 Å². The second kappa shape index (κ2) is 6.11. The van der Waals surface area contributed by atoms with E-state index in [1.807, 2.05) is 54.6 Å². The maximum Gasteiger partial charge on any atom is 0.222 e. The van der Waals surface area contributed by atoms with Crippen LogP contribution >= 0.6 is 11.6 Å². The maximum absolute atomic E-state index is 12.3. The first kappa shape index (κ1) is 15.1. The van der Waals surface area contributed by atoms with Crippen molar-refractivity contribution in [3.63, 3.8) is 0 Å². The van der Waals surface area contributed by atoms with E-state index in [1.54, 1.807) is 0 Å². The van der Waals surface area contributed by atoms with Gasteiger partial charge in [-0.25, -0.2) is 0 Å². The molecule has 3 N–H and O–H groups in total. The Morgan fingerprint density at radius 2 is 1.91 bits per heavy atom. The number of halogens is 1. The van der Waals surface area contributed by atoms with Gasteiger partial charge in [-0.3, -0.25) is 4.79 Å². The predicted molar refractivity (Wildman–Crippen MR) is 88.5 cm³/mol. The molecule has 0 heterocycles. The summed E-state index contributed by atoms with van der Waals surface area (Å²) >= 11 is 6.05. The van der Waals surface area contributed by atoms with E-state index in [1.165, 1.54) is 0 Å². The third-order valence-electron chi connectivity index (χ3n) is 4.14. The number of hydrogen-bond donors (Lipinski definition) is 2. The van der Waals surface area contributed by atoms with Crippen molar-refractivity contribution in [3.8, 4) is 0 Å². The lowest BCUT2D eigenvalue weighted by molar-refractivity contribution is -0.122. The molecule has 0 aliphatic heterocycles. The molecule has 1 aliphatic rings. The van der Waals surface area contributed by atoms with Crippen molar-refractivity contribution in [2.24, 2.45) is 5.73 Å². The zero-order chi connectivity index (χ0) is 15.6. The van der Waals surface area contributed by atoms with Gasteiger partial charge in [0.15, 0.2) is 0 Å². The Labute approximate surface area is 135 Å². The Morgan fingerprint density at radius 1 is 1.18 bits per heavy atom. The van der Waals surface area contributed by atoms with Crippen molar-refractivity contribution in [2.45, 2.75) is 30.8 Å². The molecule has 1 fully saturated rings. The van der Waals surface area contributed by atoms with Gasteiger partial charge in [0, 0.05) is 17.5 Å². The summed E-state index contributed by atoms with van der Waals surface area (Å²) in [6.07, 6.45) is 2.17. The highest BCUT2D eigenvalue weighted by Crippen LogP contribution is 2.46. The van der Waals surface area contributed by atoms with Crippen LogP contribution in [0, 0.1) is 0 Å². The van der Waals surface area contributed by atoms with E-state index >= 15 is 0 Å². The van der Waals surface area contributed by atoms with Gasteiger partial charge in [0.1, 0.15) is 0 Å². The average Bonchev–Trinajstić information content (AvgIpc) is 3.29. The van der Waals surface area contributed by atoms with E-state index in [0.29, 0.717) is 5.02 Å². The zero-order valence-electron chi connectivity index (χ0n) is 12.3. The van der Waals surface area contributed by atoms with Crippen LogP contribution in [0.2, 0.25) is 5.02 Å². The molecular formula is C18H19ClN2O. The fraction of sp³-hybridized carbons (Fsp3) is 0.278. The van der Waals surface area contributed by atoms with E-state index in [-0.39, 0.29) is 23.9 Å². The number of amides is 1. The largest absolute Gasteiger partial charge is 0.347 e. The van der Waals surface area contributed by atoms with Gasteiger partial charge in [-0.2, -0.15) is 0 Å². The summed E-state index contributed by atoms with van der Waals surface area (Å²) in [5.74, 6) is -0.0196. The molecule has 0 spiro atoms. The minimum Gasteiger partial charge on any atom is -0.347 e. The standard InChI is InChI=1S/C18H19ClN2O/c19-15-8-4-7-14(11-15)18(9-10-18)21-17(22)12-16(20)13-5-2-1-3-6-13/h1-8,11,16H,9-10,12,20H2,(H,21,22). The van der Waals surface area contributed by atoms with Crippen molar-refractivity contribution in [3.05, 3.63) is 70.7 Å². The summed E-state index contributed by atoms with van der Waals surface area (Å²) in [4.78, 5) is 12.3. The molecule has 3 rings (SSSR count).